The van der Waals surface area contributed by atoms with E-state index < -0.39 is 17.3 Å². The molecule has 3 aromatic carbocycles. The van der Waals surface area contributed by atoms with Crippen LogP contribution in [0.15, 0.2) is 75.9 Å². The van der Waals surface area contributed by atoms with Gasteiger partial charge in [0.15, 0.2) is 5.43 Å². The summed E-state index contributed by atoms with van der Waals surface area (Å²) in [6.45, 7) is 7.13. The van der Waals surface area contributed by atoms with Crippen LogP contribution in [-0.4, -0.2) is 17.4 Å². The SMILES string of the molecule is Cc1ccc(CN2C(=O)c3oc4ccc(F)cc4c(=O)c3C2c2cccc(OCCC(C)C)c2)cc1. The third-order valence-electron chi connectivity index (χ3n) is 6.54. The van der Waals surface area contributed by atoms with E-state index in [1.165, 1.54) is 12.1 Å². The monoisotopic (exact) mass is 485 g/mol. The average molecular weight is 486 g/mol. The van der Waals surface area contributed by atoms with Crippen LogP contribution < -0.4 is 10.2 Å². The number of fused-ring (bicyclic) bond motifs is 2. The van der Waals surface area contributed by atoms with Gasteiger partial charge in [-0.2, -0.15) is 0 Å². The van der Waals surface area contributed by atoms with Crippen LogP contribution in [-0.2, 0) is 6.54 Å². The molecule has 0 bridgehead atoms. The molecule has 0 N–H and O–H groups in total. The van der Waals surface area contributed by atoms with Crippen molar-refractivity contribution in [2.45, 2.75) is 39.8 Å². The topological polar surface area (TPSA) is 59.8 Å². The van der Waals surface area contributed by atoms with E-state index in [-0.39, 0.29) is 34.7 Å². The molecular formula is C30H28FNO4. The molecule has 2 heterocycles. The molecule has 6 heteroatoms. The number of benzene rings is 3. The lowest BCUT2D eigenvalue weighted by atomic mass is 9.98. The van der Waals surface area contributed by atoms with Crippen LogP contribution in [0.25, 0.3) is 11.0 Å². The van der Waals surface area contributed by atoms with Crippen molar-refractivity contribution in [1.29, 1.82) is 0 Å². The lowest BCUT2D eigenvalue weighted by molar-refractivity contribution is 0.0714. The Morgan fingerprint density at radius 3 is 2.56 bits per heavy atom. The van der Waals surface area contributed by atoms with Crippen LogP contribution in [0.5, 0.6) is 5.75 Å². The van der Waals surface area contributed by atoms with Crippen LogP contribution in [0.1, 0.15) is 59.1 Å². The Kier molecular flexibility index (Phi) is 6.35. The van der Waals surface area contributed by atoms with Gasteiger partial charge in [-0.3, -0.25) is 9.59 Å². The minimum atomic E-state index is -0.689. The van der Waals surface area contributed by atoms with E-state index >= 15 is 0 Å². The minimum Gasteiger partial charge on any atom is -0.494 e. The van der Waals surface area contributed by atoms with Gasteiger partial charge in [0.1, 0.15) is 17.1 Å². The van der Waals surface area contributed by atoms with Crippen molar-refractivity contribution in [3.63, 3.8) is 0 Å². The zero-order valence-electron chi connectivity index (χ0n) is 20.6. The predicted molar refractivity (Wildman–Crippen MR) is 137 cm³/mol. The van der Waals surface area contributed by atoms with Crippen LogP contribution >= 0.6 is 0 Å². The van der Waals surface area contributed by atoms with E-state index in [9.17, 15) is 14.0 Å². The summed E-state index contributed by atoms with van der Waals surface area (Å²) in [6.07, 6.45) is 0.912. The fourth-order valence-electron chi connectivity index (χ4n) is 4.58. The molecule has 0 saturated carbocycles. The highest BCUT2D eigenvalue weighted by Gasteiger charge is 2.42. The van der Waals surface area contributed by atoms with Gasteiger partial charge in [-0.25, -0.2) is 4.39 Å². The number of hydrogen-bond acceptors (Lipinski definition) is 4. The molecule has 0 spiro atoms. The molecule has 5 rings (SSSR count). The summed E-state index contributed by atoms with van der Waals surface area (Å²) in [5, 5.41) is 0.119. The lowest BCUT2D eigenvalue weighted by Crippen LogP contribution is -2.29. The number of halogens is 1. The number of rotatable bonds is 7. The number of amides is 1. The Bertz CT molecular complexity index is 1490. The van der Waals surface area contributed by atoms with Gasteiger partial charge in [0.05, 0.1) is 23.6 Å². The normalized spacial score (nSPS) is 15.1. The van der Waals surface area contributed by atoms with Crippen molar-refractivity contribution in [3.05, 3.63) is 111 Å². The first-order valence-electron chi connectivity index (χ1n) is 12.2. The zero-order valence-corrected chi connectivity index (χ0v) is 20.6. The molecule has 0 radical (unpaired) electrons. The highest BCUT2D eigenvalue weighted by Crippen LogP contribution is 2.40. The summed E-state index contributed by atoms with van der Waals surface area (Å²) in [4.78, 5) is 28.9. The molecule has 1 aliphatic rings. The van der Waals surface area contributed by atoms with E-state index in [1.54, 1.807) is 4.90 Å². The Morgan fingerprint density at radius 1 is 1.03 bits per heavy atom. The van der Waals surface area contributed by atoms with Crippen molar-refractivity contribution in [3.8, 4) is 5.75 Å². The Hall–Kier alpha value is -3.93. The molecule has 36 heavy (non-hydrogen) atoms. The fraction of sp³-hybridized carbons (Fsp3) is 0.267. The maximum Gasteiger partial charge on any atom is 0.291 e. The van der Waals surface area contributed by atoms with E-state index in [1.807, 2.05) is 55.5 Å². The van der Waals surface area contributed by atoms with Gasteiger partial charge in [0, 0.05) is 6.54 Å². The number of carbonyl (C=O) groups excluding carboxylic acids is 1. The van der Waals surface area contributed by atoms with Gasteiger partial charge in [0.25, 0.3) is 5.91 Å². The smallest absolute Gasteiger partial charge is 0.291 e. The summed E-state index contributed by atoms with van der Waals surface area (Å²) >= 11 is 0. The summed E-state index contributed by atoms with van der Waals surface area (Å²) in [6, 6.07) is 18.5. The Balaban J connectivity index is 1.62. The molecule has 184 valence electrons. The van der Waals surface area contributed by atoms with Crippen molar-refractivity contribution in [2.75, 3.05) is 6.61 Å². The molecular weight excluding hydrogens is 457 g/mol. The average Bonchev–Trinajstić information content (AvgIpc) is 3.13. The molecule has 0 aliphatic carbocycles. The summed E-state index contributed by atoms with van der Waals surface area (Å²) in [5.41, 5.74) is 2.79. The Morgan fingerprint density at radius 2 is 1.81 bits per heavy atom. The maximum atomic E-state index is 14.0. The summed E-state index contributed by atoms with van der Waals surface area (Å²) < 4.78 is 25.9. The van der Waals surface area contributed by atoms with E-state index in [2.05, 4.69) is 13.8 Å². The number of ether oxygens (including phenoxy) is 1. The third-order valence-corrected chi connectivity index (χ3v) is 6.54. The van der Waals surface area contributed by atoms with Gasteiger partial charge in [0.2, 0.25) is 5.76 Å². The first-order valence-corrected chi connectivity index (χ1v) is 12.2. The van der Waals surface area contributed by atoms with Gasteiger partial charge in [-0.05, 0) is 60.7 Å². The van der Waals surface area contributed by atoms with Crippen molar-refractivity contribution < 1.29 is 18.3 Å². The van der Waals surface area contributed by atoms with Gasteiger partial charge in [-0.15, -0.1) is 0 Å². The van der Waals surface area contributed by atoms with Gasteiger partial charge < -0.3 is 14.1 Å². The molecule has 1 aromatic heterocycles. The number of nitrogens with zero attached hydrogens (tertiary/aromatic N) is 1. The molecule has 1 unspecified atom stereocenters. The minimum absolute atomic E-state index is 0.00218. The molecule has 0 fully saturated rings. The molecule has 5 nitrogen and oxygen atoms in total. The highest BCUT2D eigenvalue weighted by atomic mass is 19.1. The molecule has 1 aliphatic heterocycles. The predicted octanol–water partition coefficient (Wildman–Crippen LogP) is 6.41. The van der Waals surface area contributed by atoms with Crippen LogP contribution in [0, 0.1) is 18.7 Å². The van der Waals surface area contributed by atoms with E-state index in [4.69, 9.17) is 9.15 Å². The van der Waals surface area contributed by atoms with Crippen LogP contribution in [0.3, 0.4) is 0 Å². The number of aryl methyl sites for hydroxylation is 1. The van der Waals surface area contributed by atoms with Gasteiger partial charge in [-0.1, -0.05) is 55.8 Å². The molecule has 1 atom stereocenters. The fourth-order valence-corrected chi connectivity index (χ4v) is 4.58. The van der Waals surface area contributed by atoms with Gasteiger partial charge >= 0.3 is 0 Å². The second-order valence-electron chi connectivity index (χ2n) is 9.74. The quantitative estimate of drug-likeness (QED) is 0.303. The first-order chi connectivity index (χ1) is 17.3. The second kappa shape index (κ2) is 9.61. The van der Waals surface area contributed by atoms with Crippen molar-refractivity contribution in [2.24, 2.45) is 5.92 Å². The van der Waals surface area contributed by atoms with Crippen molar-refractivity contribution >= 4 is 16.9 Å². The lowest BCUT2D eigenvalue weighted by Gasteiger charge is -2.25. The van der Waals surface area contributed by atoms with E-state index in [0.29, 0.717) is 18.3 Å². The second-order valence-corrected chi connectivity index (χ2v) is 9.74. The standard InChI is InChI=1S/C30H28FNO4/c1-18(2)13-14-35-23-6-4-5-21(15-23)27-26-28(33)24-16-22(31)11-12-25(24)36-29(26)30(34)32(27)17-20-9-7-19(3)8-10-20/h4-12,15-16,18,27H,13-14,17H2,1-3H3. The van der Waals surface area contributed by atoms with Crippen molar-refractivity contribution in [1.82, 2.24) is 4.90 Å². The first kappa shape index (κ1) is 23.8. The molecule has 1 amide bonds. The highest BCUT2D eigenvalue weighted by molar-refractivity contribution is 5.99. The number of carbonyl (C=O) groups is 1. The largest absolute Gasteiger partial charge is 0.494 e. The van der Waals surface area contributed by atoms with Crippen LogP contribution in [0.2, 0.25) is 0 Å². The van der Waals surface area contributed by atoms with Crippen LogP contribution in [0.4, 0.5) is 4.39 Å². The third kappa shape index (κ3) is 4.51. The summed E-state index contributed by atoms with van der Waals surface area (Å²) in [7, 11) is 0. The molecule has 4 aromatic rings. The van der Waals surface area contributed by atoms with E-state index in [0.717, 1.165) is 29.2 Å². The zero-order chi connectivity index (χ0) is 25.4. The molecule has 0 saturated heterocycles. The Labute approximate surface area is 209 Å². The summed E-state index contributed by atoms with van der Waals surface area (Å²) in [5.74, 6) is 0.274. The number of hydrogen-bond donors (Lipinski definition) is 0. The maximum absolute atomic E-state index is 14.0.